The topological polar surface area (TPSA) is 183 Å². The molecular weight excluding hydrogens is 592 g/mol. The summed E-state index contributed by atoms with van der Waals surface area (Å²) >= 11 is 0. The van der Waals surface area contributed by atoms with Gasteiger partial charge in [0.15, 0.2) is 6.29 Å². The summed E-state index contributed by atoms with van der Waals surface area (Å²) < 4.78 is 47.0. The molecule has 44 heavy (non-hydrogen) atoms. The van der Waals surface area contributed by atoms with Crippen LogP contribution in [-0.4, -0.2) is 94.1 Å². The van der Waals surface area contributed by atoms with E-state index in [2.05, 4.69) is 31.0 Å². The molecule has 0 amide bonds. The molecule has 0 aromatic rings. The molecule has 0 bridgehead atoms. The normalized spacial score (nSPS) is 49.4. The molecule has 5 aliphatic rings. The van der Waals surface area contributed by atoms with E-state index in [1.54, 1.807) is 0 Å². The second-order valence-corrected chi connectivity index (χ2v) is 16.5. The average Bonchev–Trinajstić information content (AvgIpc) is 3.21. The zero-order chi connectivity index (χ0) is 32.4. The molecule has 0 aromatic carbocycles. The zero-order valence-electron chi connectivity index (χ0n) is 26.6. The van der Waals surface area contributed by atoms with Crippen molar-refractivity contribution in [1.82, 2.24) is 0 Å². The Balaban J connectivity index is 1.27. The molecule has 16 atom stereocenters. The number of aliphatic hydroxyl groups is 5. The van der Waals surface area contributed by atoms with Gasteiger partial charge in [-0.25, -0.2) is 4.18 Å². The molecule has 0 radical (unpaired) electrons. The highest BCUT2D eigenvalue weighted by Gasteiger charge is 2.64. The fraction of sp³-hybridized carbons (Fsp3) is 0.938. The molecule has 11 nitrogen and oxygen atoms in total. The molecule has 4 saturated carbocycles. The van der Waals surface area contributed by atoms with E-state index in [9.17, 15) is 34.0 Å². The molecule has 1 aliphatic heterocycles. The Morgan fingerprint density at radius 3 is 2.20 bits per heavy atom. The van der Waals surface area contributed by atoms with Gasteiger partial charge in [0.25, 0.3) is 0 Å². The van der Waals surface area contributed by atoms with E-state index in [1.165, 1.54) is 0 Å². The molecule has 10 unspecified atom stereocenters. The summed E-state index contributed by atoms with van der Waals surface area (Å²) in [5.74, 6) is 1.20. The Morgan fingerprint density at radius 1 is 0.864 bits per heavy atom. The molecule has 6 N–H and O–H groups in total. The number of hydrogen-bond acceptors (Lipinski definition) is 10. The van der Waals surface area contributed by atoms with Gasteiger partial charge >= 0.3 is 10.4 Å². The van der Waals surface area contributed by atoms with Crippen molar-refractivity contribution in [3.63, 3.8) is 0 Å². The minimum atomic E-state index is -4.84. The maximum atomic E-state index is 11.6. The van der Waals surface area contributed by atoms with Crippen LogP contribution in [0.5, 0.6) is 0 Å². The van der Waals surface area contributed by atoms with Crippen molar-refractivity contribution < 1.29 is 52.2 Å². The fourth-order valence-corrected chi connectivity index (χ4v) is 10.8. The summed E-state index contributed by atoms with van der Waals surface area (Å²) in [6.45, 7) is 10.3. The second kappa shape index (κ2) is 12.7. The van der Waals surface area contributed by atoms with Crippen molar-refractivity contribution in [2.24, 2.45) is 52.3 Å². The van der Waals surface area contributed by atoms with Gasteiger partial charge in [0, 0.05) is 0 Å². The van der Waals surface area contributed by atoms with E-state index in [4.69, 9.17) is 14.0 Å². The van der Waals surface area contributed by atoms with Gasteiger partial charge in [0.05, 0.1) is 31.0 Å². The quantitative estimate of drug-likeness (QED) is 0.168. The third-order valence-electron chi connectivity index (χ3n) is 12.6. The predicted molar refractivity (Wildman–Crippen MR) is 160 cm³/mol. The van der Waals surface area contributed by atoms with E-state index in [0.29, 0.717) is 25.2 Å². The van der Waals surface area contributed by atoms with Crippen molar-refractivity contribution >= 4 is 10.4 Å². The van der Waals surface area contributed by atoms with Gasteiger partial charge in [-0.1, -0.05) is 46.8 Å². The lowest BCUT2D eigenvalue weighted by Crippen LogP contribution is -2.59. The molecular formula is C32H54O11S. The van der Waals surface area contributed by atoms with Gasteiger partial charge in [-0.3, -0.25) is 4.55 Å². The average molecular weight is 647 g/mol. The van der Waals surface area contributed by atoms with Crippen LogP contribution in [0.1, 0.15) is 79.6 Å². The van der Waals surface area contributed by atoms with Gasteiger partial charge < -0.3 is 35.0 Å². The van der Waals surface area contributed by atoms with E-state index >= 15 is 0 Å². The van der Waals surface area contributed by atoms with E-state index in [1.807, 2.05) is 19.9 Å². The SMILES string of the molecule is CC(C)C(/C=C/[C@@H](C)[C@H]1CC(O)C2C3C[C@H](O)C4C[C@@H](O)CC[C@]4(C)C3CC[C@@]21C)OC1OCC(OS(=O)(=O)O)C(O)C1O. The van der Waals surface area contributed by atoms with Crippen LogP contribution in [0.15, 0.2) is 12.2 Å². The van der Waals surface area contributed by atoms with Crippen LogP contribution < -0.4 is 0 Å². The van der Waals surface area contributed by atoms with Crippen LogP contribution in [0.4, 0.5) is 0 Å². The Bertz CT molecular complexity index is 1150. The highest BCUT2D eigenvalue weighted by atomic mass is 32.3. The molecule has 254 valence electrons. The molecule has 0 spiro atoms. The lowest BCUT2D eigenvalue weighted by Gasteiger charge is -2.62. The minimum Gasteiger partial charge on any atom is -0.393 e. The standard InChI is InChI=1S/C32H54O11S/c1-16(2)25(42-30-29(37)28(36)26(15-41-30)43-44(38,39)40)7-6-17(3)21-14-24(35)27-19-13-23(34)22-12-18(33)8-10-31(22,4)20(19)9-11-32(21,27)5/h6-7,16-30,33-37H,8-15H2,1-5H3,(H,38,39,40)/b7-6+/t17-,18+,19?,20?,21-,22?,23+,24?,25?,26?,27?,28?,29?,30?,31-,32-/m1/s1. The summed E-state index contributed by atoms with van der Waals surface area (Å²) in [5, 5.41) is 54.2. The number of allylic oxidation sites excluding steroid dienone is 1. The maximum absolute atomic E-state index is 11.6. The summed E-state index contributed by atoms with van der Waals surface area (Å²) in [6.07, 6.45) is 2.17. The third-order valence-corrected chi connectivity index (χ3v) is 13.1. The lowest BCUT2D eigenvalue weighted by atomic mass is 9.43. The predicted octanol–water partition coefficient (Wildman–Crippen LogP) is 2.45. The minimum absolute atomic E-state index is 0.0162. The highest BCUT2D eigenvalue weighted by Crippen LogP contribution is 2.68. The Kier molecular flexibility index (Phi) is 10.0. The molecule has 12 heteroatoms. The van der Waals surface area contributed by atoms with Gasteiger partial charge in [-0.05, 0) is 97.2 Å². The van der Waals surface area contributed by atoms with Crippen LogP contribution in [0.2, 0.25) is 0 Å². The van der Waals surface area contributed by atoms with Gasteiger partial charge in [0.2, 0.25) is 0 Å². The lowest BCUT2D eigenvalue weighted by molar-refractivity contribution is -0.277. The number of rotatable bonds is 8. The van der Waals surface area contributed by atoms with Crippen LogP contribution in [0.3, 0.4) is 0 Å². The van der Waals surface area contributed by atoms with Crippen LogP contribution in [0.25, 0.3) is 0 Å². The monoisotopic (exact) mass is 646 g/mol. The summed E-state index contributed by atoms with van der Waals surface area (Å²) in [5.41, 5.74) is -0.115. The van der Waals surface area contributed by atoms with Crippen molar-refractivity contribution in [3.05, 3.63) is 12.2 Å². The van der Waals surface area contributed by atoms with Crippen molar-refractivity contribution in [3.8, 4) is 0 Å². The first kappa shape index (κ1) is 34.7. The summed E-state index contributed by atoms with van der Waals surface area (Å²) in [6, 6.07) is 0. The van der Waals surface area contributed by atoms with Gasteiger partial charge in [-0.2, -0.15) is 8.42 Å². The largest absolute Gasteiger partial charge is 0.397 e. The van der Waals surface area contributed by atoms with E-state index < -0.39 is 59.9 Å². The first-order valence-electron chi connectivity index (χ1n) is 16.5. The third kappa shape index (κ3) is 6.42. The Morgan fingerprint density at radius 2 is 1.55 bits per heavy atom. The fourth-order valence-electron chi connectivity index (χ4n) is 10.3. The number of ether oxygens (including phenoxy) is 2. The van der Waals surface area contributed by atoms with Crippen LogP contribution >= 0.6 is 0 Å². The smallest absolute Gasteiger partial charge is 0.393 e. The van der Waals surface area contributed by atoms with Gasteiger partial charge in [0.1, 0.15) is 18.3 Å². The van der Waals surface area contributed by atoms with Crippen molar-refractivity contribution in [2.45, 2.75) is 129 Å². The molecule has 5 rings (SSSR count). The van der Waals surface area contributed by atoms with Crippen molar-refractivity contribution in [1.29, 1.82) is 0 Å². The molecule has 1 saturated heterocycles. The molecule has 0 aromatic heterocycles. The number of aliphatic hydroxyl groups excluding tert-OH is 5. The first-order chi connectivity index (χ1) is 20.5. The van der Waals surface area contributed by atoms with E-state index in [0.717, 1.165) is 25.7 Å². The molecule has 4 aliphatic carbocycles. The van der Waals surface area contributed by atoms with Gasteiger partial charge in [-0.15, -0.1) is 0 Å². The molecule has 5 fully saturated rings. The van der Waals surface area contributed by atoms with Crippen LogP contribution in [-0.2, 0) is 24.1 Å². The summed E-state index contributed by atoms with van der Waals surface area (Å²) in [4.78, 5) is 0. The highest BCUT2D eigenvalue weighted by molar-refractivity contribution is 7.80. The van der Waals surface area contributed by atoms with E-state index in [-0.39, 0.29) is 52.4 Å². The Labute approximate surface area is 261 Å². The number of hydrogen-bond donors (Lipinski definition) is 6. The summed E-state index contributed by atoms with van der Waals surface area (Å²) in [7, 11) is -4.84. The zero-order valence-corrected chi connectivity index (χ0v) is 27.4. The maximum Gasteiger partial charge on any atom is 0.397 e. The number of fused-ring (bicyclic) bond motifs is 5. The molecule has 1 heterocycles. The Hall–Kier alpha value is -0.670. The first-order valence-corrected chi connectivity index (χ1v) is 17.8. The van der Waals surface area contributed by atoms with Crippen LogP contribution in [0, 0.1) is 52.3 Å². The second-order valence-electron chi connectivity index (χ2n) is 15.4. The van der Waals surface area contributed by atoms with Crippen molar-refractivity contribution in [2.75, 3.05) is 6.61 Å².